The van der Waals surface area contributed by atoms with Crippen LogP contribution >= 0.6 is 0 Å². The molecule has 1 aromatic heterocycles. The van der Waals surface area contributed by atoms with Crippen LogP contribution in [-0.4, -0.2) is 18.4 Å². The van der Waals surface area contributed by atoms with E-state index in [-0.39, 0.29) is 29.4 Å². The number of anilines is 1. The fraction of sp³-hybridized carbons (Fsp3) is 0.364. The Morgan fingerprint density at radius 2 is 2.11 bits per heavy atom. The van der Waals surface area contributed by atoms with Crippen LogP contribution in [-0.2, 0) is 14.3 Å². The molecule has 0 aliphatic heterocycles. The highest BCUT2D eigenvalue weighted by Crippen LogP contribution is 2.05. The monoisotopic (exact) mass is 320 g/mol. The van der Waals surface area contributed by atoms with E-state index in [1.807, 2.05) is 0 Å². The van der Waals surface area contributed by atoms with Gasteiger partial charge in [0.15, 0.2) is 11.9 Å². The van der Waals surface area contributed by atoms with Crippen molar-refractivity contribution in [3.63, 3.8) is 0 Å². The molecule has 1 rings (SSSR count). The third-order valence-electron chi connectivity index (χ3n) is 2.25. The average molecular weight is 321 g/mol. The Morgan fingerprint density at radius 3 is 2.67 bits per heavy atom. The van der Waals surface area contributed by atoms with Gasteiger partial charge in [-0.2, -0.15) is 0 Å². The lowest BCUT2D eigenvalue weighted by atomic mass is 10.2. The number of ketones is 1. The predicted molar refractivity (Wildman–Crippen MR) is 57.4 cm³/mol. The summed E-state index contributed by atoms with van der Waals surface area (Å²) in [5.41, 5.74) is 5.59. The number of nitrogen functional groups attached to an aromatic ring is 1. The molecule has 1 aromatic rings. The molecule has 2 N–H and O–H groups in total. The van der Waals surface area contributed by atoms with Gasteiger partial charge in [-0.15, -0.1) is 0 Å². The second-order valence-corrected chi connectivity index (χ2v) is 3.44. The van der Waals surface area contributed by atoms with Crippen molar-refractivity contribution in [2.24, 2.45) is 0 Å². The SMILES string of the molecule is CCOC(=O)C(=O)C(C)[n+]1cc(F)ccc1N.[Br-]. The molecule has 5 nitrogen and oxygen atoms in total. The van der Waals surface area contributed by atoms with Crippen molar-refractivity contribution < 1.29 is 40.3 Å². The summed E-state index contributed by atoms with van der Waals surface area (Å²) < 4.78 is 18.8. The van der Waals surface area contributed by atoms with Crippen LogP contribution in [0, 0.1) is 5.82 Å². The Kier molecular flexibility index (Phi) is 6.46. The summed E-state index contributed by atoms with van der Waals surface area (Å²) in [6, 6.07) is 1.60. The number of halogens is 2. The third-order valence-corrected chi connectivity index (χ3v) is 2.25. The molecule has 0 aromatic carbocycles. The molecule has 0 aliphatic carbocycles. The van der Waals surface area contributed by atoms with Crippen molar-refractivity contribution in [1.82, 2.24) is 0 Å². The number of hydrogen-bond donors (Lipinski definition) is 1. The first-order valence-electron chi connectivity index (χ1n) is 5.14. The van der Waals surface area contributed by atoms with Crippen molar-refractivity contribution in [2.75, 3.05) is 12.3 Å². The molecule has 0 saturated heterocycles. The van der Waals surface area contributed by atoms with E-state index < -0.39 is 23.6 Å². The fourth-order valence-electron chi connectivity index (χ4n) is 1.34. The Morgan fingerprint density at radius 1 is 1.50 bits per heavy atom. The normalized spacial score (nSPS) is 11.3. The van der Waals surface area contributed by atoms with E-state index in [0.717, 1.165) is 6.20 Å². The molecule has 0 amide bonds. The fourth-order valence-corrected chi connectivity index (χ4v) is 1.34. The van der Waals surface area contributed by atoms with Crippen LogP contribution < -0.4 is 27.3 Å². The molecule has 0 fully saturated rings. The number of pyridine rings is 1. The van der Waals surface area contributed by atoms with E-state index in [1.54, 1.807) is 6.92 Å². The lowest BCUT2D eigenvalue weighted by molar-refractivity contribution is -0.692. The number of carbonyl (C=O) groups excluding carboxylic acids is 2. The number of esters is 1. The minimum absolute atomic E-state index is 0. The van der Waals surface area contributed by atoms with Gasteiger partial charge in [-0.05, 0) is 19.9 Å². The quantitative estimate of drug-likeness (QED) is 0.375. The lowest BCUT2D eigenvalue weighted by Crippen LogP contribution is -3.00. The van der Waals surface area contributed by atoms with Crippen LogP contribution in [0.25, 0.3) is 0 Å². The molecule has 1 heterocycles. The van der Waals surface area contributed by atoms with E-state index in [4.69, 9.17) is 5.73 Å². The highest BCUT2D eigenvalue weighted by Gasteiger charge is 2.28. The summed E-state index contributed by atoms with van der Waals surface area (Å²) in [6.07, 6.45) is 1.07. The summed E-state index contributed by atoms with van der Waals surface area (Å²) in [4.78, 5) is 22.9. The van der Waals surface area contributed by atoms with Gasteiger partial charge in [0.1, 0.15) is 6.20 Å². The van der Waals surface area contributed by atoms with Gasteiger partial charge in [0, 0.05) is 6.07 Å². The van der Waals surface area contributed by atoms with Gasteiger partial charge in [-0.3, -0.25) is 10.5 Å². The van der Waals surface area contributed by atoms with E-state index in [1.165, 1.54) is 23.6 Å². The Balaban J connectivity index is 0.00000289. The molecule has 1 atom stereocenters. The van der Waals surface area contributed by atoms with Crippen LogP contribution in [0.3, 0.4) is 0 Å². The van der Waals surface area contributed by atoms with Gasteiger partial charge in [0.05, 0.1) is 6.61 Å². The molecule has 0 bridgehead atoms. The van der Waals surface area contributed by atoms with Gasteiger partial charge >= 0.3 is 5.97 Å². The minimum atomic E-state index is -0.948. The topological polar surface area (TPSA) is 73.3 Å². The zero-order valence-corrected chi connectivity index (χ0v) is 11.6. The largest absolute Gasteiger partial charge is 1.00 e. The number of ether oxygens (including phenoxy) is 1. The first-order valence-corrected chi connectivity index (χ1v) is 5.14. The predicted octanol–water partition coefficient (Wildman–Crippen LogP) is -2.61. The van der Waals surface area contributed by atoms with Crippen molar-refractivity contribution in [1.29, 1.82) is 0 Å². The number of nitrogens with two attached hydrogens (primary N) is 1. The molecule has 18 heavy (non-hydrogen) atoms. The summed E-state index contributed by atoms with van der Waals surface area (Å²) in [5.74, 6) is -2.07. The lowest BCUT2D eigenvalue weighted by Gasteiger charge is -2.10. The second kappa shape index (κ2) is 7.05. The van der Waals surface area contributed by atoms with E-state index in [0.29, 0.717) is 0 Å². The molecule has 100 valence electrons. The Hall–Kier alpha value is -1.50. The molecule has 0 spiro atoms. The maximum Gasteiger partial charge on any atom is 0.379 e. The van der Waals surface area contributed by atoms with Crippen molar-refractivity contribution in [2.45, 2.75) is 19.9 Å². The zero-order valence-electron chi connectivity index (χ0n) is 10.0. The van der Waals surface area contributed by atoms with Crippen molar-refractivity contribution in [3.8, 4) is 0 Å². The Bertz CT molecular complexity index is 454. The summed E-state index contributed by atoms with van der Waals surface area (Å²) in [6.45, 7) is 3.16. The molecule has 1 unspecified atom stereocenters. The summed E-state index contributed by atoms with van der Waals surface area (Å²) in [7, 11) is 0. The number of rotatable bonds is 4. The van der Waals surface area contributed by atoms with Crippen molar-refractivity contribution >= 4 is 17.6 Å². The molecule has 0 aliphatic rings. The molecule has 0 saturated carbocycles. The van der Waals surface area contributed by atoms with Gasteiger partial charge in [-0.1, -0.05) is 0 Å². The van der Waals surface area contributed by atoms with E-state index in [2.05, 4.69) is 4.74 Å². The smallest absolute Gasteiger partial charge is 0.379 e. The maximum atomic E-state index is 13.0. The summed E-state index contributed by atoms with van der Waals surface area (Å²) >= 11 is 0. The van der Waals surface area contributed by atoms with Crippen LogP contribution in [0.5, 0.6) is 0 Å². The number of hydrogen-bond acceptors (Lipinski definition) is 4. The summed E-state index contributed by atoms with van der Waals surface area (Å²) in [5, 5.41) is 0. The van der Waals surface area contributed by atoms with Gasteiger partial charge in [0.2, 0.25) is 0 Å². The third kappa shape index (κ3) is 3.76. The Labute approximate surface area is 115 Å². The van der Waals surface area contributed by atoms with Crippen LogP contribution in [0.2, 0.25) is 0 Å². The second-order valence-electron chi connectivity index (χ2n) is 3.44. The van der Waals surface area contributed by atoms with Gasteiger partial charge in [-0.25, -0.2) is 13.8 Å². The molecular weight excluding hydrogens is 307 g/mol. The standard InChI is InChI=1S/C11H13FN2O3.BrH/c1-3-17-11(16)10(15)7(2)14-6-8(12)4-5-9(14)13;/h4-7,13H,3H2,1-2H3;1H. The molecule has 7 heteroatoms. The van der Waals surface area contributed by atoms with Gasteiger partial charge < -0.3 is 21.7 Å². The van der Waals surface area contributed by atoms with Crippen LogP contribution in [0.1, 0.15) is 19.9 Å². The maximum absolute atomic E-state index is 13.0. The number of aromatic nitrogens is 1. The minimum Gasteiger partial charge on any atom is -1.00 e. The van der Waals surface area contributed by atoms with E-state index in [9.17, 15) is 14.0 Å². The molecular formula is C11H14BrFN2O3. The number of nitrogens with zero attached hydrogens (tertiary/aromatic N) is 1. The highest BCUT2D eigenvalue weighted by molar-refractivity contribution is 6.34. The zero-order chi connectivity index (χ0) is 13.0. The number of Topliss-reactive ketones (excluding diaryl/α,β-unsaturated/α-hetero) is 1. The number of carbonyl (C=O) groups is 2. The highest BCUT2D eigenvalue weighted by atomic mass is 79.9. The first kappa shape index (κ1) is 16.5. The van der Waals surface area contributed by atoms with E-state index >= 15 is 0 Å². The molecule has 0 radical (unpaired) electrons. The van der Waals surface area contributed by atoms with Crippen LogP contribution in [0.15, 0.2) is 18.3 Å². The van der Waals surface area contributed by atoms with Gasteiger partial charge in [0.25, 0.3) is 11.6 Å². The average Bonchev–Trinajstić information content (AvgIpc) is 2.30. The first-order chi connectivity index (χ1) is 7.97. The van der Waals surface area contributed by atoms with Crippen molar-refractivity contribution in [3.05, 3.63) is 24.1 Å². The van der Waals surface area contributed by atoms with Crippen LogP contribution in [0.4, 0.5) is 10.2 Å².